The van der Waals surface area contributed by atoms with Crippen LogP contribution in [0.3, 0.4) is 0 Å². The largest absolute Gasteiger partial charge is 0.459 e. The zero-order valence-electron chi connectivity index (χ0n) is 15.3. The van der Waals surface area contributed by atoms with Crippen LogP contribution in [0.4, 0.5) is 0 Å². The molecule has 0 aliphatic carbocycles. The lowest BCUT2D eigenvalue weighted by molar-refractivity contribution is -0.145. The van der Waals surface area contributed by atoms with Crippen molar-refractivity contribution in [1.82, 2.24) is 9.38 Å². The number of hydrogen-bond acceptors (Lipinski definition) is 7. The highest BCUT2D eigenvalue weighted by Gasteiger charge is 2.14. The van der Waals surface area contributed by atoms with Gasteiger partial charge in [-0.1, -0.05) is 29.5 Å². The van der Waals surface area contributed by atoms with Gasteiger partial charge >= 0.3 is 5.97 Å². The molecule has 0 radical (unpaired) electrons. The van der Waals surface area contributed by atoms with Gasteiger partial charge in [0.25, 0.3) is 5.56 Å². The first-order valence-corrected chi connectivity index (χ1v) is 9.93. The molecule has 0 N–H and O–H groups in total. The Morgan fingerprint density at radius 2 is 2.00 bits per heavy atom. The summed E-state index contributed by atoms with van der Waals surface area (Å²) < 4.78 is 18.5. The fourth-order valence-electron chi connectivity index (χ4n) is 3.27. The lowest BCUT2D eigenvalue weighted by Gasteiger charge is -2.06. The van der Waals surface area contributed by atoms with E-state index in [2.05, 4.69) is 4.98 Å². The summed E-state index contributed by atoms with van der Waals surface area (Å²) in [6.07, 6.45) is 0.755. The highest BCUT2D eigenvalue weighted by atomic mass is 32.1. The molecule has 2 aromatic heterocycles. The summed E-state index contributed by atoms with van der Waals surface area (Å²) in [6.45, 7) is 0.192. The van der Waals surface area contributed by atoms with Crippen molar-refractivity contribution in [3.8, 4) is 11.5 Å². The number of carbonyl (C=O) groups is 1. The molecular weight excluding hydrogens is 392 g/mol. The number of benzene rings is 2. The fraction of sp³-hybridized carbons (Fsp3) is 0.190. The molecule has 146 valence electrons. The van der Waals surface area contributed by atoms with E-state index < -0.39 is 0 Å². The highest BCUT2D eigenvalue weighted by Crippen LogP contribution is 2.32. The monoisotopic (exact) mass is 408 g/mol. The number of para-hydroxylation sites is 1. The summed E-state index contributed by atoms with van der Waals surface area (Å²) in [5.74, 6) is 1.06. The van der Waals surface area contributed by atoms with Gasteiger partial charge in [-0.2, -0.15) is 0 Å². The molecule has 0 bridgehead atoms. The Balaban J connectivity index is 1.25. The number of hydrogen-bond donors (Lipinski definition) is 0. The van der Waals surface area contributed by atoms with Crippen LogP contribution in [-0.2, 0) is 22.6 Å². The SMILES string of the molecule is O=C(CCc1ccc2c(c1)OCO2)OCc1cc(=O)n2c(n1)sc1ccccc12. The number of aromatic nitrogens is 2. The van der Waals surface area contributed by atoms with Crippen LogP contribution in [0.2, 0.25) is 0 Å². The van der Waals surface area contributed by atoms with Gasteiger partial charge in [0.1, 0.15) is 6.61 Å². The number of ether oxygens (including phenoxy) is 3. The van der Waals surface area contributed by atoms with Crippen LogP contribution in [0.5, 0.6) is 11.5 Å². The Labute approximate surface area is 169 Å². The first-order chi connectivity index (χ1) is 14.2. The smallest absolute Gasteiger partial charge is 0.306 e. The molecule has 0 amide bonds. The third-order valence-corrected chi connectivity index (χ3v) is 5.71. The predicted octanol–water partition coefficient (Wildman–Crippen LogP) is 3.31. The standard InChI is InChI=1S/C21H16N2O5S/c24-19-10-14(22-21-23(19)15-3-1-2-4-18(15)29-21)11-26-20(25)8-6-13-5-7-16-17(9-13)28-12-27-16/h1-5,7,9-10H,6,8,11-12H2. The molecule has 8 heteroatoms. The molecule has 1 aliphatic heterocycles. The molecule has 0 saturated carbocycles. The molecule has 29 heavy (non-hydrogen) atoms. The molecule has 0 spiro atoms. The van der Waals surface area contributed by atoms with Gasteiger partial charge in [-0.3, -0.25) is 14.0 Å². The fourth-order valence-corrected chi connectivity index (χ4v) is 4.32. The van der Waals surface area contributed by atoms with Crippen LogP contribution in [0.25, 0.3) is 15.2 Å². The Morgan fingerprint density at radius 1 is 1.14 bits per heavy atom. The molecule has 0 unspecified atom stereocenters. The molecule has 5 rings (SSSR count). The number of esters is 1. The van der Waals surface area contributed by atoms with E-state index >= 15 is 0 Å². The second-order valence-corrected chi connectivity index (χ2v) is 7.63. The van der Waals surface area contributed by atoms with E-state index in [1.54, 1.807) is 4.40 Å². The summed E-state index contributed by atoms with van der Waals surface area (Å²) in [7, 11) is 0. The molecule has 3 heterocycles. The highest BCUT2D eigenvalue weighted by molar-refractivity contribution is 7.23. The van der Waals surface area contributed by atoms with Crippen LogP contribution in [0.1, 0.15) is 17.7 Å². The summed E-state index contributed by atoms with van der Waals surface area (Å²) >= 11 is 1.43. The summed E-state index contributed by atoms with van der Waals surface area (Å²) in [4.78, 5) is 29.7. The number of rotatable bonds is 5. The Hall–Kier alpha value is -3.39. The van der Waals surface area contributed by atoms with Crippen LogP contribution >= 0.6 is 11.3 Å². The first kappa shape index (κ1) is 17.7. The van der Waals surface area contributed by atoms with E-state index in [4.69, 9.17) is 14.2 Å². The number of thiazole rings is 1. The van der Waals surface area contributed by atoms with Gasteiger partial charge in [-0.25, -0.2) is 4.98 Å². The van der Waals surface area contributed by atoms with E-state index in [0.717, 1.165) is 15.8 Å². The number of aryl methyl sites for hydroxylation is 1. The van der Waals surface area contributed by atoms with Gasteiger partial charge in [-0.15, -0.1) is 0 Å². The molecule has 7 nitrogen and oxygen atoms in total. The van der Waals surface area contributed by atoms with E-state index in [1.165, 1.54) is 17.4 Å². The zero-order chi connectivity index (χ0) is 19.8. The third kappa shape index (κ3) is 3.42. The average Bonchev–Trinajstić information content (AvgIpc) is 3.34. The number of carbonyl (C=O) groups excluding carboxylic acids is 1. The molecule has 2 aromatic carbocycles. The quantitative estimate of drug-likeness (QED) is 0.472. The Kier molecular flexibility index (Phi) is 4.40. The molecule has 0 saturated heterocycles. The zero-order valence-corrected chi connectivity index (χ0v) is 16.1. The van der Waals surface area contributed by atoms with E-state index in [0.29, 0.717) is 28.6 Å². The van der Waals surface area contributed by atoms with Crippen LogP contribution in [0, 0.1) is 0 Å². The van der Waals surface area contributed by atoms with Gasteiger partial charge in [0.2, 0.25) is 6.79 Å². The minimum Gasteiger partial charge on any atom is -0.459 e. The number of fused-ring (bicyclic) bond motifs is 4. The number of nitrogens with zero attached hydrogens (tertiary/aromatic N) is 2. The van der Waals surface area contributed by atoms with Crippen LogP contribution < -0.4 is 15.0 Å². The van der Waals surface area contributed by atoms with Crippen molar-refractivity contribution in [2.75, 3.05) is 6.79 Å². The lowest BCUT2D eigenvalue weighted by atomic mass is 10.1. The first-order valence-electron chi connectivity index (χ1n) is 9.12. The second kappa shape index (κ2) is 7.21. The van der Waals surface area contributed by atoms with E-state index in [-0.39, 0.29) is 31.3 Å². The van der Waals surface area contributed by atoms with Crippen LogP contribution in [0.15, 0.2) is 53.3 Å². The minimum atomic E-state index is -0.346. The third-order valence-electron chi connectivity index (χ3n) is 4.68. The van der Waals surface area contributed by atoms with Crippen molar-refractivity contribution in [2.45, 2.75) is 19.4 Å². The van der Waals surface area contributed by atoms with Gasteiger partial charge in [0.05, 0.1) is 15.9 Å². The average molecular weight is 408 g/mol. The predicted molar refractivity (Wildman–Crippen MR) is 108 cm³/mol. The van der Waals surface area contributed by atoms with Crippen molar-refractivity contribution in [3.63, 3.8) is 0 Å². The minimum absolute atomic E-state index is 0.0278. The second-order valence-electron chi connectivity index (χ2n) is 6.62. The summed E-state index contributed by atoms with van der Waals surface area (Å²) in [5, 5.41) is 0. The van der Waals surface area contributed by atoms with Crippen molar-refractivity contribution >= 4 is 32.5 Å². The van der Waals surface area contributed by atoms with Crippen molar-refractivity contribution in [1.29, 1.82) is 0 Å². The maximum atomic E-state index is 12.5. The van der Waals surface area contributed by atoms with Crippen molar-refractivity contribution < 1.29 is 19.0 Å². The van der Waals surface area contributed by atoms with E-state index in [1.807, 2.05) is 42.5 Å². The maximum absolute atomic E-state index is 12.5. The topological polar surface area (TPSA) is 79.1 Å². The lowest BCUT2D eigenvalue weighted by Crippen LogP contribution is -2.15. The van der Waals surface area contributed by atoms with Gasteiger partial charge in [0.15, 0.2) is 16.5 Å². The molecule has 1 aliphatic rings. The van der Waals surface area contributed by atoms with Gasteiger partial charge in [-0.05, 0) is 36.2 Å². The normalized spacial score (nSPS) is 12.6. The Bertz CT molecular complexity index is 1290. The van der Waals surface area contributed by atoms with Crippen molar-refractivity contribution in [2.24, 2.45) is 0 Å². The molecule has 4 aromatic rings. The maximum Gasteiger partial charge on any atom is 0.306 e. The Morgan fingerprint density at radius 3 is 2.93 bits per heavy atom. The molecular formula is C21H16N2O5S. The summed E-state index contributed by atoms with van der Waals surface area (Å²) in [6, 6.07) is 14.7. The van der Waals surface area contributed by atoms with E-state index in [9.17, 15) is 9.59 Å². The summed E-state index contributed by atoms with van der Waals surface area (Å²) in [5.41, 5.74) is 2.06. The van der Waals surface area contributed by atoms with Crippen LogP contribution in [-0.4, -0.2) is 22.1 Å². The molecule has 0 fully saturated rings. The van der Waals surface area contributed by atoms with Gasteiger partial charge < -0.3 is 14.2 Å². The van der Waals surface area contributed by atoms with Gasteiger partial charge in [0, 0.05) is 12.5 Å². The molecule has 0 atom stereocenters. The van der Waals surface area contributed by atoms with Crippen molar-refractivity contribution in [3.05, 3.63) is 70.1 Å².